The predicted molar refractivity (Wildman–Crippen MR) is 123 cm³/mol. The molecular formula is C21H27N2O5S2Y-. The van der Waals surface area contributed by atoms with Gasteiger partial charge in [0.15, 0.2) is 11.6 Å². The third-order valence-electron chi connectivity index (χ3n) is 3.94. The Balaban J connectivity index is 0.00000219. The van der Waals surface area contributed by atoms with E-state index in [4.69, 9.17) is 15.9 Å². The fourth-order valence-corrected chi connectivity index (χ4v) is 5.37. The summed E-state index contributed by atoms with van der Waals surface area (Å²) in [7, 11) is -2.55. The van der Waals surface area contributed by atoms with Gasteiger partial charge in [-0.1, -0.05) is 55.4 Å². The van der Waals surface area contributed by atoms with E-state index in [9.17, 15) is 13.5 Å². The van der Waals surface area contributed by atoms with Crippen molar-refractivity contribution in [1.29, 1.82) is 0 Å². The Morgan fingerprint density at radius 3 is 2.48 bits per heavy atom. The first kappa shape index (κ1) is 29.6. The van der Waals surface area contributed by atoms with E-state index in [0.717, 1.165) is 15.6 Å². The summed E-state index contributed by atoms with van der Waals surface area (Å²) in [5, 5.41) is 11.0. The molecule has 0 fully saturated rings. The van der Waals surface area contributed by atoms with Crippen molar-refractivity contribution in [3.8, 4) is 17.5 Å². The minimum atomic E-state index is -4.09. The number of aliphatic hydroxyl groups is 1. The number of thiazole rings is 1. The standard InChI is InChI=1S/C18H18N2O5S2.C2H6.CH3.Y/c1-4-9-20-17-15(26-18(19-17)25-11-10-24-3)14(21)16(27(20,22)23)13-8-6-5-7-12(13)2;1-2;;/h1,5-8,21H,9-11H2,2-3H3;1-2H3;1H3;/q;;-1;. The van der Waals surface area contributed by atoms with E-state index in [-0.39, 0.29) is 75.0 Å². The van der Waals surface area contributed by atoms with Gasteiger partial charge in [0, 0.05) is 45.4 Å². The van der Waals surface area contributed by atoms with Crippen LogP contribution in [0.4, 0.5) is 5.82 Å². The minimum absolute atomic E-state index is 0. The van der Waals surface area contributed by atoms with Crippen LogP contribution in [-0.4, -0.2) is 45.4 Å². The number of anilines is 1. The SMILES string of the molecule is C#CCN1c2nc(OCCOC)sc2C(O)=C(c2ccccc2C)S1(=O)=O.CC.[CH3-].[Y]. The van der Waals surface area contributed by atoms with Gasteiger partial charge in [-0.2, -0.15) is 4.98 Å². The largest absolute Gasteiger partial charge is 0.505 e. The first-order valence-electron chi connectivity index (χ1n) is 9.00. The van der Waals surface area contributed by atoms with E-state index in [2.05, 4.69) is 10.9 Å². The fourth-order valence-electron chi connectivity index (χ4n) is 2.68. The van der Waals surface area contributed by atoms with E-state index in [1.807, 2.05) is 13.8 Å². The second kappa shape index (κ2) is 13.2. The average Bonchev–Trinajstić information content (AvgIpc) is 3.12. The molecule has 31 heavy (non-hydrogen) atoms. The molecule has 0 spiro atoms. The summed E-state index contributed by atoms with van der Waals surface area (Å²) in [6.45, 7) is 6.17. The number of fused-ring (bicyclic) bond motifs is 1. The monoisotopic (exact) mass is 540 g/mol. The average molecular weight is 540 g/mol. The molecule has 2 aromatic rings. The Hall–Kier alpha value is -1.44. The van der Waals surface area contributed by atoms with Crippen LogP contribution in [0.1, 0.15) is 29.9 Å². The molecule has 167 valence electrons. The number of methoxy groups -OCH3 is 1. The topological polar surface area (TPSA) is 89.0 Å². The smallest absolute Gasteiger partial charge is 0.276 e. The fraction of sp³-hybridized carbons (Fsp3) is 0.333. The van der Waals surface area contributed by atoms with Gasteiger partial charge in [0.05, 0.1) is 13.2 Å². The number of benzene rings is 1. The molecule has 1 N–H and O–H groups in total. The van der Waals surface area contributed by atoms with Gasteiger partial charge in [-0.25, -0.2) is 12.7 Å². The normalized spacial score (nSPS) is 13.6. The van der Waals surface area contributed by atoms with Crippen LogP contribution in [-0.2, 0) is 47.5 Å². The minimum Gasteiger partial charge on any atom is -0.505 e. The molecule has 0 amide bonds. The molecular weight excluding hydrogens is 513 g/mol. The molecule has 10 heteroatoms. The van der Waals surface area contributed by atoms with Crippen molar-refractivity contribution in [2.24, 2.45) is 0 Å². The van der Waals surface area contributed by atoms with Crippen molar-refractivity contribution in [3.05, 3.63) is 47.7 Å². The Kier molecular flexibility index (Phi) is 12.6. The Morgan fingerprint density at radius 2 is 1.90 bits per heavy atom. The van der Waals surface area contributed by atoms with Crippen molar-refractivity contribution in [1.82, 2.24) is 4.98 Å². The number of hydrogen-bond donors (Lipinski definition) is 1. The molecule has 0 atom stereocenters. The van der Waals surface area contributed by atoms with Crippen LogP contribution in [0.25, 0.3) is 10.7 Å². The number of nitrogens with zero attached hydrogens (tertiary/aromatic N) is 2. The zero-order chi connectivity index (χ0) is 21.6. The summed E-state index contributed by atoms with van der Waals surface area (Å²) >= 11 is 1.06. The number of terminal acetylenes is 1. The molecule has 0 saturated carbocycles. The predicted octanol–water partition coefficient (Wildman–Crippen LogP) is 4.12. The van der Waals surface area contributed by atoms with Crippen LogP contribution in [0.15, 0.2) is 24.3 Å². The first-order valence-corrected chi connectivity index (χ1v) is 11.3. The summed E-state index contributed by atoms with van der Waals surface area (Å²) in [5.41, 5.74) is 1.13. The molecule has 0 saturated heterocycles. The number of rotatable bonds is 6. The third kappa shape index (κ3) is 6.08. The van der Waals surface area contributed by atoms with Crippen molar-refractivity contribution in [3.63, 3.8) is 0 Å². The second-order valence-corrected chi connectivity index (χ2v) is 8.44. The van der Waals surface area contributed by atoms with Crippen molar-refractivity contribution >= 4 is 37.8 Å². The summed E-state index contributed by atoms with van der Waals surface area (Å²) in [4.78, 5) is 4.33. The zero-order valence-corrected chi connectivity index (χ0v) is 22.8. The van der Waals surface area contributed by atoms with E-state index in [1.165, 1.54) is 0 Å². The third-order valence-corrected chi connectivity index (χ3v) is 6.72. The van der Waals surface area contributed by atoms with E-state index in [1.54, 1.807) is 38.3 Å². The molecule has 1 aliphatic heterocycles. The number of ether oxygens (including phenoxy) is 2. The van der Waals surface area contributed by atoms with Gasteiger partial charge < -0.3 is 22.0 Å². The molecule has 0 bridgehead atoms. The molecule has 1 aromatic carbocycles. The molecule has 2 heterocycles. The first-order chi connectivity index (χ1) is 13.9. The quantitative estimate of drug-likeness (QED) is 0.337. The zero-order valence-electron chi connectivity index (χ0n) is 18.4. The maximum atomic E-state index is 13.2. The molecule has 0 unspecified atom stereocenters. The number of sulfonamides is 1. The molecule has 7 nitrogen and oxygen atoms in total. The maximum absolute atomic E-state index is 13.2. The van der Waals surface area contributed by atoms with Gasteiger partial charge in [0.2, 0.25) is 0 Å². The van der Waals surface area contributed by atoms with Crippen molar-refractivity contribution < 1.29 is 55.7 Å². The van der Waals surface area contributed by atoms with Gasteiger partial charge >= 0.3 is 0 Å². The van der Waals surface area contributed by atoms with Crippen LogP contribution in [0.5, 0.6) is 5.19 Å². The molecule has 3 rings (SSSR count). The maximum Gasteiger partial charge on any atom is 0.276 e. The van der Waals surface area contributed by atoms with Crippen LogP contribution in [0, 0.1) is 26.7 Å². The van der Waals surface area contributed by atoms with Crippen LogP contribution in [0.3, 0.4) is 0 Å². The van der Waals surface area contributed by atoms with E-state index >= 15 is 0 Å². The molecule has 1 aliphatic rings. The van der Waals surface area contributed by atoms with Crippen LogP contribution in [0.2, 0.25) is 0 Å². The Morgan fingerprint density at radius 1 is 1.26 bits per heavy atom. The van der Waals surface area contributed by atoms with E-state index < -0.39 is 10.0 Å². The van der Waals surface area contributed by atoms with Crippen molar-refractivity contribution in [2.45, 2.75) is 20.8 Å². The van der Waals surface area contributed by atoms with E-state index in [0.29, 0.717) is 22.6 Å². The molecule has 1 aromatic heterocycles. The molecule has 1 radical (unpaired) electrons. The summed E-state index contributed by atoms with van der Waals surface area (Å²) < 4.78 is 37.9. The van der Waals surface area contributed by atoms with Gasteiger partial charge in [-0.05, 0) is 12.5 Å². The Bertz CT molecular complexity index is 1040. The summed E-state index contributed by atoms with van der Waals surface area (Å²) in [6.07, 6.45) is 5.38. The van der Waals surface area contributed by atoms with Crippen LogP contribution < -0.4 is 9.04 Å². The Labute approximate surface area is 214 Å². The molecule has 0 aliphatic carbocycles. The van der Waals surface area contributed by atoms with Crippen LogP contribution >= 0.6 is 11.3 Å². The summed E-state index contributed by atoms with van der Waals surface area (Å²) in [6, 6.07) is 6.93. The number of hydrogen-bond acceptors (Lipinski definition) is 7. The van der Waals surface area contributed by atoms with Crippen molar-refractivity contribution in [2.75, 3.05) is 31.2 Å². The van der Waals surface area contributed by atoms with Gasteiger partial charge in [0.1, 0.15) is 16.4 Å². The summed E-state index contributed by atoms with van der Waals surface area (Å²) in [5.74, 6) is 2.06. The van der Waals surface area contributed by atoms with Gasteiger partial charge in [-0.15, -0.1) is 6.42 Å². The number of aromatic nitrogens is 1. The van der Waals surface area contributed by atoms with Gasteiger partial charge in [0.25, 0.3) is 15.2 Å². The second-order valence-electron chi connectivity index (χ2n) is 5.68. The number of aliphatic hydroxyl groups excluding tert-OH is 1. The van der Waals surface area contributed by atoms with Gasteiger partial charge in [-0.3, -0.25) is 0 Å². The number of aryl methyl sites for hydroxylation is 1.